The normalized spacial score (nSPS) is 14.6. The molecule has 1 N–H and O–H groups in total. The molecule has 0 aliphatic heterocycles. The van der Waals surface area contributed by atoms with Crippen LogP contribution < -0.4 is 5.32 Å². The second-order valence-corrected chi connectivity index (χ2v) is 6.01. The molecule has 1 aromatic heterocycles. The van der Waals surface area contributed by atoms with Gasteiger partial charge in [-0.2, -0.15) is 0 Å². The van der Waals surface area contributed by atoms with Crippen molar-refractivity contribution in [3.63, 3.8) is 0 Å². The molecule has 1 aromatic carbocycles. The average molecular weight is 266 g/mol. The molecule has 1 saturated carbocycles. The summed E-state index contributed by atoms with van der Waals surface area (Å²) >= 11 is 0. The van der Waals surface area contributed by atoms with Crippen molar-refractivity contribution >= 4 is 0 Å². The average Bonchev–Trinajstić information content (AvgIpc) is 3.19. The molecular weight excluding hydrogens is 244 g/mol. The predicted octanol–water partition coefficient (Wildman–Crippen LogP) is 3.93. The largest absolute Gasteiger partial charge is 0.310 e. The van der Waals surface area contributed by atoms with E-state index in [9.17, 15) is 0 Å². The Morgan fingerprint density at radius 3 is 2.40 bits per heavy atom. The smallest absolute Gasteiger partial charge is 0.0346 e. The summed E-state index contributed by atoms with van der Waals surface area (Å²) in [7, 11) is 0. The lowest BCUT2D eigenvalue weighted by Gasteiger charge is -2.12. The minimum absolute atomic E-state index is 0.738. The zero-order chi connectivity index (χ0) is 14.1. The van der Waals surface area contributed by atoms with Gasteiger partial charge in [-0.1, -0.05) is 17.7 Å². The standard InChI is InChI=1S/C18H22N2/c1-12-6-13(2)18(14(3)7-12)16-8-15(9-19-11-16)10-20-17-4-5-17/h6-9,11,17,20H,4-5,10H2,1-3H3. The quantitative estimate of drug-likeness (QED) is 0.907. The van der Waals surface area contributed by atoms with Crippen LogP contribution in [0.15, 0.2) is 30.6 Å². The molecule has 1 fully saturated rings. The highest BCUT2D eigenvalue weighted by Crippen LogP contribution is 2.28. The molecule has 104 valence electrons. The summed E-state index contributed by atoms with van der Waals surface area (Å²) in [5, 5.41) is 3.55. The SMILES string of the molecule is Cc1cc(C)c(-c2cncc(CNC3CC3)c2)c(C)c1. The summed E-state index contributed by atoms with van der Waals surface area (Å²) in [4.78, 5) is 4.42. The van der Waals surface area contributed by atoms with Crippen molar-refractivity contribution in [2.75, 3.05) is 0 Å². The third kappa shape index (κ3) is 2.91. The summed E-state index contributed by atoms with van der Waals surface area (Å²) in [5.41, 5.74) is 7.82. The van der Waals surface area contributed by atoms with Gasteiger partial charge in [0.05, 0.1) is 0 Å². The fourth-order valence-corrected chi connectivity index (χ4v) is 2.91. The lowest BCUT2D eigenvalue weighted by Crippen LogP contribution is -2.15. The third-order valence-corrected chi connectivity index (χ3v) is 3.93. The first-order valence-corrected chi connectivity index (χ1v) is 7.39. The minimum atomic E-state index is 0.738. The Kier molecular flexibility index (Phi) is 3.58. The molecule has 1 aliphatic rings. The van der Waals surface area contributed by atoms with Gasteiger partial charge >= 0.3 is 0 Å². The molecule has 0 radical (unpaired) electrons. The molecule has 2 heteroatoms. The summed E-state index contributed by atoms with van der Waals surface area (Å²) in [5.74, 6) is 0. The summed E-state index contributed by atoms with van der Waals surface area (Å²) < 4.78 is 0. The lowest BCUT2D eigenvalue weighted by molar-refractivity contribution is 0.686. The van der Waals surface area contributed by atoms with E-state index in [-0.39, 0.29) is 0 Å². The molecule has 0 saturated heterocycles. The zero-order valence-electron chi connectivity index (χ0n) is 12.5. The first-order chi connectivity index (χ1) is 9.63. The Balaban J connectivity index is 1.91. The van der Waals surface area contributed by atoms with Crippen LogP contribution in [0.2, 0.25) is 0 Å². The van der Waals surface area contributed by atoms with Crippen molar-refractivity contribution in [3.05, 3.63) is 52.8 Å². The molecule has 3 rings (SSSR count). The number of rotatable bonds is 4. The van der Waals surface area contributed by atoms with Crippen molar-refractivity contribution < 1.29 is 0 Å². The third-order valence-electron chi connectivity index (χ3n) is 3.93. The molecule has 1 heterocycles. The van der Waals surface area contributed by atoms with E-state index in [1.807, 2.05) is 12.4 Å². The van der Waals surface area contributed by atoms with Crippen molar-refractivity contribution in [2.45, 2.75) is 46.2 Å². The number of nitrogens with zero attached hydrogens (tertiary/aromatic N) is 1. The summed E-state index contributed by atoms with van der Waals surface area (Å²) in [6.45, 7) is 7.45. The van der Waals surface area contributed by atoms with Gasteiger partial charge < -0.3 is 5.32 Å². The van der Waals surface area contributed by atoms with Crippen LogP contribution in [0, 0.1) is 20.8 Å². The van der Waals surface area contributed by atoms with E-state index in [4.69, 9.17) is 0 Å². The van der Waals surface area contributed by atoms with Gasteiger partial charge in [0.1, 0.15) is 0 Å². The van der Waals surface area contributed by atoms with E-state index < -0.39 is 0 Å². The molecule has 0 amide bonds. The molecule has 0 spiro atoms. The van der Waals surface area contributed by atoms with E-state index in [2.05, 4.69) is 49.3 Å². The van der Waals surface area contributed by atoms with E-state index in [0.717, 1.165) is 12.6 Å². The molecule has 2 nitrogen and oxygen atoms in total. The van der Waals surface area contributed by atoms with Gasteiger partial charge in [-0.15, -0.1) is 0 Å². The number of pyridine rings is 1. The second-order valence-electron chi connectivity index (χ2n) is 6.01. The monoisotopic (exact) mass is 266 g/mol. The van der Waals surface area contributed by atoms with Crippen molar-refractivity contribution in [2.24, 2.45) is 0 Å². The van der Waals surface area contributed by atoms with Crippen LogP contribution >= 0.6 is 0 Å². The Morgan fingerprint density at radius 2 is 1.75 bits per heavy atom. The summed E-state index contributed by atoms with van der Waals surface area (Å²) in [6, 6.07) is 7.50. The molecular formula is C18H22N2. The molecule has 0 atom stereocenters. The van der Waals surface area contributed by atoms with E-state index in [1.54, 1.807) is 0 Å². The second kappa shape index (κ2) is 5.37. The van der Waals surface area contributed by atoms with Gasteiger partial charge in [0.25, 0.3) is 0 Å². The molecule has 2 aromatic rings. The van der Waals surface area contributed by atoms with E-state index in [1.165, 1.54) is 46.2 Å². The Bertz CT molecular complexity index is 604. The number of nitrogens with one attached hydrogen (secondary N) is 1. The first kappa shape index (κ1) is 13.3. The number of benzene rings is 1. The maximum Gasteiger partial charge on any atom is 0.0346 e. The van der Waals surface area contributed by atoms with Crippen molar-refractivity contribution in [1.82, 2.24) is 10.3 Å². The van der Waals surface area contributed by atoms with E-state index >= 15 is 0 Å². The van der Waals surface area contributed by atoms with Gasteiger partial charge in [0.15, 0.2) is 0 Å². The topological polar surface area (TPSA) is 24.9 Å². The highest BCUT2D eigenvalue weighted by molar-refractivity contribution is 5.71. The molecule has 20 heavy (non-hydrogen) atoms. The Labute approximate surface area is 121 Å². The Hall–Kier alpha value is -1.67. The van der Waals surface area contributed by atoms with Gasteiger partial charge in [0.2, 0.25) is 0 Å². The minimum Gasteiger partial charge on any atom is -0.310 e. The van der Waals surface area contributed by atoms with Crippen LogP contribution in [0.1, 0.15) is 35.1 Å². The molecule has 0 unspecified atom stereocenters. The predicted molar refractivity (Wildman–Crippen MR) is 83.7 cm³/mol. The fourth-order valence-electron chi connectivity index (χ4n) is 2.91. The van der Waals surface area contributed by atoms with Crippen molar-refractivity contribution in [1.29, 1.82) is 0 Å². The fraction of sp³-hybridized carbons (Fsp3) is 0.389. The number of hydrogen-bond donors (Lipinski definition) is 1. The number of aryl methyl sites for hydroxylation is 3. The van der Waals surface area contributed by atoms with Gasteiger partial charge in [0, 0.05) is 30.5 Å². The highest BCUT2D eigenvalue weighted by Gasteiger charge is 2.20. The van der Waals surface area contributed by atoms with Crippen LogP contribution in [0.3, 0.4) is 0 Å². The van der Waals surface area contributed by atoms with Crippen molar-refractivity contribution in [3.8, 4) is 11.1 Å². The Morgan fingerprint density at radius 1 is 1.05 bits per heavy atom. The van der Waals surface area contributed by atoms with Crippen LogP contribution in [0.4, 0.5) is 0 Å². The van der Waals surface area contributed by atoms with Gasteiger partial charge in [-0.05, 0) is 61.9 Å². The first-order valence-electron chi connectivity index (χ1n) is 7.39. The van der Waals surface area contributed by atoms with Crippen LogP contribution in [0.5, 0.6) is 0 Å². The highest BCUT2D eigenvalue weighted by atomic mass is 14.9. The van der Waals surface area contributed by atoms with Crippen LogP contribution in [-0.4, -0.2) is 11.0 Å². The zero-order valence-corrected chi connectivity index (χ0v) is 12.5. The summed E-state index contributed by atoms with van der Waals surface area (Å²) in [6.07, 6.45) is 6.59. The number of hydrogen-bond acceptors (Lipinski definition) is 2. The molecule has 0 bridgehead atoms. The lowest BCUT2D eigenvalue weighted by atomic mass is 9.94. The maximum absolute atomic E-state index is 4.42. The van der Waals surface area contributed by atoms with E-state index in [0.29, 0.717) is 0 Å². The number of aromatic nitrogens is 1. The maximum atomic E-state index is 4.42. The van der Waals surface area contributed by atoms with Crippen LogP contribution in [0.25, 0.3) is 11.1 Å². The van der Waals surface area contributed by atoms with Gasteiger partial charge in [-0.25, -0.2) is 0 Å². The van der Waals surface area contributed by atoms with Crippen LogP contribution in [-0.2, 0) is 6.54 Å². The molecule has 1 aliphatic carbocycles. The van der Waals surface area contributed by atoms with Gasteiger partial charge in [-0.3, -0.25) is 4.98 Å².